The predicted octanol–water partition coefficient (Wildman–Crippen LogP) is 3.80. The molecule has 4 rings (SSSR count). The molecule has 1 aromatic heterocycles. The van der Waals surface area contributed by atoms with Crippen molar-refractivity contribution in [3.8, 4) is 11.3 Å². The van der Waals surface area contributed by atoms with Crippen molar-refractivity contribution in [2.45, 2.75) is 65.0 Å². The molecular weight excluding hydrogens is 566 g/mol. The molecule has 2 fully saturated rings. The van der Waals surface area contributed by atoms with Gasteiger partial charge in [-0.2, -0.15) is 0 Å². The van der Waals surface area contributed by atoms with Crippen LogP contribution in [-0.4, -0.2) is 96.4 Å². The molecule has 2 aromatic rings. The fourth-order valence-electron chi connectivity index (χ4n) is 5.16. The third-order valence-electron chi connectivity index (χ3n) is 7.26. The number of aromatic nitrogens is 1. The topological polar surface area (TPSA) is 131 Å². The summed E-state index contributed by atoms with van der Waals surface area (Å²) in [6.45, 7) is 10.1. The van der Waals surface area contributed by atoms with Gasteiger partial charge in [-0.1, -0.05) is 30.3 Å². The van der Waals surface area contributed by atoms with Gasteiger partial charge in [-0.3, -0.25) is 14.4 Å². The van der Waals surface area contributed by atoms with Crippen LogP contribution in [0.25, 0.3) is 11.3 Å². The summed E-state index contributed by atoms with van der Waals surface area (Å²) in [5, 5.41) is 4.31. The summed E-state index contributed by atoms with van der Waals surface area (Å²) in [5.41, 5.74) is 1.95. The van der Waals surface area contributed by atoms with Gasteiger partial charge in [0, 0.05) is 43.9 Å². The Morgan fingerprint density at radius 1 is 0.955 bits per heavy atom. The van der Waals surface area contributed by atoms with E-state index in [-0.39, 0.29) is 57.2 Å². The molecule has 44 heavy (non-hydrogen) atoms. The lowest BCUT2D eigenvalue weighted by atomic mass is 10.1. The number of pyridine rings is 1. The van der Waals surface area contributed by atoms with E-state index in [0.717, 1.165) is 37.2 Å². The zero-order valence-electron chi connectivity index (χ0n) is 26.0. The molecule has 1 atom stereocenters. The number of hydrogen-bond donors (Lipinski definition) is 1. The Morgan fingerprint density at radius 2 is 1.64 bits per heavy atom. The van der Waals surface area contributed by atoms with Gasteiger partial charge in [-0.05, 0) is 59.1 Å². The molecule has 0 spiro atoms. The standard InChI is InChI=1S/C32H43N5O7/c1-5-42-31(41)44-37-19-17-36(18-20-37)30(40)25(13-14-28(38)43-32(2,3)4)34-29(39)27-22-24(35-15-9-10-16-35)21-26(33-27)23-11-7-6-8-12-23/h6-8,11-12,21-22,25H,5,9-10,13-20H2,1-4H3,(H,34,39)/t25-/m0/s1. The van der Waals surface area contributed by atoms with Gasteiger partial charge in [-0.25, -0.2) is 9.78 Å². The number of carbonyl (C=O) groups excluding carboxylic acids is 4. The first kappa shape index (κ1) is 32.7. The SMILES string of the molecule is CCOC(=O)ON1CCN(C(=O)[C@H](CCC(=O)OC(C)(C)C)NC(=O)c2cc(N3CCCC3)cc(-c3ccccc3)n2)CC1. The Balaban J connectivity index is 1.52. The zero-order chi connectivity index (χ0) is 31.7. The fraction of sp³-hybridized carbons (Fsp3) is 0.531. The summed E-state index contributed by atoms with van der Waals surface area (Å²) in [6, 6.07) is 12.4. The van der Waals surface area contributed by atoms with Gasteiger partial charge in [0.1, 0.15) is 17.3 Å². The molecule has 12 heteroatoms. The Hall–Kier alpha value is -4.19. The molecule has 0 bridgehead atoms. The molecule has 2 aliphatic heterocycles. The van der Waals surface area contributed by atoms with Gasteiger partial charge in [0.05, 0.1) is 25.4 Å². The normalized spacial score (nSPS) is 16.3. The summed E-state index contributed by atoms with van der Waals surface area (Å²) < 4.78 is 10.3. The number of amides is 2. The maximum absolute atomic E-state index is 13.7. The minimum absolute atomic E-state index is 0.0520. The summed E-state index contributed by atoms with van der Waals surface area (Å²) in [4.78, 5) is 65.4. The number of anilines is 1. The monoisotopic (exact) mass is 609 g/mol. The van der Waals surface area contributed by atoms with Crippen LogP contribution in [0.3, 0.4) is 0 Å². The maximum atomic E-state index is 13.7. The van der Waals surface area contributed by atoms with Crippen molar-refractivity contribution in [2.75, 3.05) is 50.8 Å². The molecule has 0 radical (unpaired) electrons. The molecule has 2 amide bonds. The number of ether oxygens (including phenoxy) is 2. The molecule has 0 saturated carbocycles. The molecule has 1 aromatic carbocycles. The van der Waals surface area contributed by atoms with Crippen molar-refractivity contribution in [1.29, 1.82) is 0 Å². The van der Waals surface area contributed by atoms with Gasteiger partial charge >= 0.3 is 12.1 Å². The van der Waals surface area contributed by atoms with Gasteiger partial charge in [-0.15, -0.1) is 5.06 Å². The molecular formula is C32H43N5O7. The highest BCUT2D eigenvalue weighted by Crippen LogP contribution is 2.27. The highest BCUT2D eigenvalue weighted by molar-refractivity contribution is 5.97. The highest BCUT2D eigenvalue weighted by Gasteiger charge is 2.32. The molecule has 2 saturated heterocycles. The number of piperazine rings is 1. The smallest absolute Gasteiger partial charge is 0.460 e. The number of nitrogens with zero attached hydrogens (tertiary/aromatic N) is 4. The van der Waals surface area contributed by atoms with Crippen molar-refractivity contribution in [3.63, 3.8) is 0 Å². The molecule has 0 aliphatic carbocycles. The number of esters is 1. The number of nitrogens with one attached hydrogen (secondary N) is 1. The minimum Gasteiger partial charge on any atom is -0.460 e. The second-order valence-corrected chi connectivity index (χ2v) is 11.8. The van der Waals surface area contributed by atoms with Crippen molar-refractivity contribution in [1.82, 2.24) is 20.3 Å². The minimum atomic E-state index is -0.995. The lowest BCUT2D eigenvalue weighted by Crippen LogP contribution is -2.55. The zero-order valence-corrected chi connectivity index (χ0v) is 26.0. The average Bonchev–Trinajstić information content (AvgIpc) is 3.54. The predicted molar refractivity (Wildman–Crippen MR) is 164 cm³/mol. The Morgan fingerprint density at radius 3 is 2.27 bits per heavy atom. The molecule has 238 valence electrons. The van der Waals surface area contributed by atoms with Gasteiger partial charge in [0.25, 0.3) is 5.91 Å². The van der Waals surface area contributed by atoms with Crippen molar-refractivity contribution < 1.29 is 33.5 Å². The van der Waals surface area contributed by atoms with Gasteiger partial charge in [0.15, 0.2) is 0 Å². The molecule has 12 nitrogen and oxygen atoms in total. The Bertz CT molecular complexity index is 1300. The second kappa shape index (κ2) is 15.0. The molecule has 1 N–H and O–H groups in total. The van der Waals surface area contributed by atoms with Gasteiger partial charge in [0.2, 0.25) is 5.91 Å². The summed E-state index contributed by atoms with van der Waals surface area (Å²) in [5.74, 6) is -1.30. The lowest BCUT2D eigenvalue weighted by molar-refractivity contribution is -0.158. The van der Waals surface area contributed by atoms with E-state index in [2.05, 4.69) is 15.2 Å². The molecule has 2 aliphatic rings. The highest BCUT2D eigenvalue weighted by atomic mass is 16.8. The van der Waals surface area contributed by atoms with Crippen LogP contribution in [0.5, 0.6) is 0 Å². The summed E-state index contributed by atoms with van der Waals surface area (Å²) >= 11 is 0. The van der Waals surface area contributed by atoms with Crippen molar-refractivity contribution in [2.24, 2.45) is 0 Å². The maximum Gasteiger partial charge on any atom is 0.527 e. The van der Waals surface area contributed by atoms with E-state index in [4.69, 9.17) is 14.3 Å². The summed E-state index contributed by atoms with van der Waals surface area (Å²) in [6.07, 6.45) is 1.34. The molecule has 0 unspecified atom stereocenters. The number of benzene rings is 1. The van der Waals surface area contributed by atoms with Crippen LogP contribution in [0.1, 0.15) is 63.9 Å². The van der Waals surface area contributed by atoms with Crippen LogP contribution < -0.4 is 10.2 Å². The first-order valence-corrected chi connectivity index (χ1v) is 15.3. The number of hydroxylamine groups is 2. The van der Waals surface area contributed by atoms with Crippen LogP contribution in [0.4, 0.5) is 10.5 Å². The van der Waals surface area contributed by atoms with Crippen LogP contribution in [-0.2, 0) is 23.9 Å². The quantitative estimate of drug-likeness (QED) is 0.397. The Kier molecular flexibility index (Phi) is 11.2. The third kappa shape index (κ3) is 9.40. The van der Waals surface area contributed by atoms with E-state index in [1.165, 1.54) is 5.06 Å². The van der Waals surface area contributed by atoms with E-state index in [1.807, 2.05) is 36.4 Å². The number of hydrogen-bond acceptors (Lipinski definition) is 10. The van der Waals surface area contributed by atoms with Crippen LogP contribution in [0.15, 0.2) is 42.5 Å². The van der Waals surface area contributed by atoms with E-state index < -0.39 is 29.7 Å². The number of rotatable bonds is 10. The van der Waals surface area contributed by atoms with Gasteiger partial charge < -0.3 is 29.4 Å². The fourth-order valence-corrected chi connectivity index (χ4v) is 5.16. The van der Waals surface area contributed by atoms with E-state index in [1.54, 1.807) is 38.7 Å². The van der Waals surface area contributed by atoms with E-state index in [0.29, 0.717) is 5.69 Å². The Labute approximate surface area is 258 Å². The molecule has 3 heterocycles. The van der Waals surface area contributed by atoms with E-state index >= 15 is 0 Å². The van der Waals surface area contributed by atoms with Crippen LogP contribution in [0, 0.1) is 0 Å². The van der Waals surface area contributed by atoms with Crippen LogP contribution in [0.2, 0.25) is 0 Å². The largest absolute Gasteiger partial charge is 0.527 e. The third-order valence-corrected chi connectivity index (χ3v) is 7.26. The lowest BCUT2D eigenvalue weighted by Gasteiger charge is -2.35. The number of carbonyl (C=O) groups is 4. The van der Waals surface area contributed by atoms with Crippen molar-refractivity contribution >= 4 is 29.6 Å². The average molecular weight is 610 g/mol. The van der Waals surface area contributed by atoms with Crippen molar-refractivity contribution in [3.05, 3.63) is 48.2 Å². The first-order chi connectivity index (χ1) is 21.0. The van der Waals surface area contributed by atoms with E-state index in [9.17, 15) is 19.2 Å². The first-order valence-electron chi connectivity index (χ1n) is 15.3. The second-order valence-electron chi connectivity index (χ2n) is 11.8. The van der Waals surface area contributed by atoms with Crippen LogP contribution >= 0.6 is 0 Å². The summed E-state index contributed by atoms with van der Waals surface area (Å²) in [7, 11) is 0.